The standard InChI is InChI=1S/C9H16O2/c1-5-8(6-2)11-9(10)7(3)4/h5,7-8H,1,6H2,2-4H3. The predicted octanol–water partition coefficient (Wildman–Crippen LogP) is 2.15. The van der Waals surface area contributed by atoms with E-state index in [4.69, 9.17) is 4.74 Å². The third-order valence-corrected chi connectivity index (χ3v) is 1.40. The average molecular weight is 156 g/mol. The van der Waals surface area contributed by atoms with Gasteiger partial charge in [-0.05, 0) is 6.42 Å². The van der Waals surface area contributed by atoms with Crippen molar-refractivity contribution in [2.45, 2.75) is 33.3 Å². The summed E-state index contributed by atoms with van der Waals surface area (Å²) in [6.07, 6.45) is 2.33. The molecule has 0 aromatic heterocycles. The molecule has 0 aliphatic rings. The molecule has 64 valence electrons. The van der Waals surface area contributed by atoms with Crippen molar-refractivity contribution in [1.82, 2.24) is 0 Å². The van der Waals surface area contributed by atoms with Gasteiger partial charge in [0.1, 0.15) is 6.10 Å². The maximum absolute atomic E-state index is 11.0. The Hall–Kier alpha value is -0.790. The van der Waals surface area contributed by atoms with Crippen LogP contribution in [-0.2, 0) is 9.53 Å². The van der Waals surface area contributed by atoms with Crippen molar-refractivity contribution < 1.29 is 9.53 Å². The fourth-order valence-corrected chi connectivity index (χ4v) is 0.583. The van der Waals surface area contributed by atoms with Crippen molar-refractivity contribution in [3.8, 4) is 0 Å². The predicted molar refractivity (Wildman–Crippen MR) is 45.2 cm³/mol. The molecule has 0 heterocycles. The summed E-state index contributed by atoms with van der Waals surface area (Å²) < 4.78 is 5.05. The Balaban J connectivity index is 3.81. The van der Waals surface area contributed by atoms with Gasteiger partial charge in [0.2, 0.25) is 0 Å². The van der Waals surface area contributed by atoms with Crippen LogP contribution >= 0.6 is 0 Å². The van der Waals surface area contributed by atoms with Crippen molar-refractivity contribution in [2.24, 2.45) is 5.92 Å². The van der Waals surface area contributed by atoms with E-state index >= 15 is 0 Å². The molecule has 0 aliphatic heterocycles. The lowest BCUT2D eigenvalue weighted by molar-refractivity contribution is -0.150. The number of carbonyl (C=O) groups excluding carboxylic acids is 1. The zero-order valence-corrected chi connectivity index (χ0v) is 7.46. The highest BCUT2D eigenvalue weighted by atomic mass is 16.5. The smallest absolute Gasteiger partial charge is 0.308 e. The summed E-state index contributed by atoms with van der Waals surface area (Å²) in [5.41, 5.74) is 0. The first-order valence-electron chi connectivity index (χ1n) is 3.94. The van der Waals surface area contributed by atoms with Crippen LogP contribution in [0.4, 0.5) is 0 Å². The number of rotatable bonds is 4. The number of hydrogen-bond donors (Lipinski definition) is 0. The van der Waals surface area contributed by atoms with E-state index in [1.165, 1.54) is 0 Å². The van der Waals surface area contributed by atoms with Gasteiger partial charge in [-0.25, -0.2) is 0 Å². The van der Waals surface area contributed by atoms with Gasteiger partial charge in [0, 0.05) is 0 Å². The van der Waals surface area contributed by atoms with Crippen LogP contribution in [0.1, 0.15) is 27.2 Å². The normalized spacial score (nSPS) is 12.7. The van der Waals surface area contributed by atoms with Crippen molar-refractivity contribution in [2.75, 3.05) is 0 Å². The van der Waals surface area contributed by atoms with Crippen molar-refractivity contribution >= 4 is 5.97 Å². The van der Waals surface area contributed by atoms with E-state index in [-0.39, 0.29) is 18.0 Å². The van der Waals surface area contributed by atoms with Crippen LogP contribution < -0.4 is 0 Å². The monoisotopic (exact) mass is 156 g/mol. The lowest BCUT2D eigenvalue weighted by Gasteiger charge is -2.12. The molecular formula is C9H16O2. The van der Waals surface area contributed by atoms with Crippen molar-refractivity contribution in [3.63, 3.8) is 0 Å². The van der Waals surface area contributed by atoms with E-state index in [0.717, 1.165) is 6.42 Å². The van der Waals surface area contributed by atoms with Gasteiger partial charge in [0.15, 0.2) is 0 Å². The molecule has 0 amide bonds. The second kappa shape index (κ2) is 4.94. The molecule has 11 heavy (non-hydrogen) atoms. The molecule has 0 spiro atoms. The topological polar surface area (TPSA) is 26.3 Å². The molecule has 0 aliphatic carbocycles. The molecule has 0 saturated carbocycles. The number of ether oxygens (including phenoxy) is 1. The fraction of sp³-hybridized carbons (Fsp3) is 0.667. The fourth-order valence-electron chi connectivity index (χ4n) is 0.583. The van der Waals surface area contributed by atoms with Crippen LogP contribution in [0.25, 0.3) is 0 Å². The molecule has 2 nitrogen and oxygen atoms in total. The van der Waals surface area contributed by atoms with Gasteiger partial charge in [0.05, 0.1) is 5.92 Å². The first-order chi connectivity index (χ1) is 5.11. The highest BCUT2D eigenvalue weighted by Gasteiger charge is 2.11. The van der Waals surface area contributed by atoms with Crippen LogP contribution in [0, 0.1) is 5.92 Å². The van der Waals surface area contributed by atoms with Crippen molar-refractivity contribution in [3.05, 3.63) is 12.7 Å². The molecular weight excluding hydrogens is 140 g/mol. The molecule has 0 fully saturated rings. The van der Waals surface area contributed by atoms with Crippen LogP contribution in [0.15, 0.2) is 12.7 Å². The minimum Gasteiger partial charge on any atom is -0.458 e. The Morgan fingerprint density at radius 3 is 2.45 bits per heavy atom. The summed E-state index contributed by atoms with van der Waals surface area (Å²) in [7, 11) is 0. The Bertz CT molecular complexity index is 138. The molecule has 0 aromatic rings. The van der Waals surface area contributed by atoms with Gasteiger partial charge in [-0.1, -0.05) is 33.4 Å². The average Bonchev–Trinajstić information content (AvgIpc) is 1.99. The zero-order chi connectivity index (χ0) is 8.85. The van der Waals surface area contributed by atoms with Gasteiger partial charge in [-0.3, -0.25) is 4.79 Å². The third kappa shape index (κ3) is 3.81. The Kier molecular flexibility index (Phi) is 4.59. The van der Waals surface area contributed by atoms with Crippen LogP contribution in [0.3, 0.4) is 0 Å². The molecule has 0 bridgehead atoms. The zero-order valence-electron chi connectivity index (χ0n) is 7.46. The summed E-state index contributed by atoms with van der Waals surface area (Å²) in [5, 5.41) is 0. The second-order valence-electron chi connectivity index (χ2n) is 2.77. The molecule has 0 aromatic carbocycles. The summed E-state index contributed by atoms with van der Waals surface area (Å²) in [6.45, 7) is 9.16. The van der Waals surface area contributed by atoms with E-state index < -0.39 is 0 Å². The maximum Gasteiger partial charge on any atom is 0.308 e. The van der Waals surface area contributed by atoms with E-state index in [9.17, 15) is 4.79 Å². The second-order valence-corrected chi connectivity index (χ2v) is 2.77. The van der Waals surface area contributed by atoms with E-state index in [1.54, 1.807) is 6.08 Å². The summed E-state index contributed by atoms with van der Waals surface area (Å²) >= 11 is 0. The lowest BCUT2D eigenvalue weighted by Crippen LogP contribution is -2.18. The number of hydrogen-bond acceptors (Lipinski definition) is 2. The SMILES string of the molecule is C=CC(CC)OC(=O)C(C)C. The summed E-state index contributed by atoms with van der Waals surface area (Å²) in [4.78, 5) is 11.0. The molecule has 1 atom stereocenters. The van der Waals surface area contributed by atoms with Crippen molar-refractivity contribution in [1.29, 1.82) is 0 Å². The maximum atomic E-state index is 11.0. The highest BCUT2D eigenvalue weighted by molar-refractivity contribution is 5.71. The molecule has 0 radical (unpaired) electrons. The molecule has 0 saturated heterocycles. The number of esters is 1. The molecule has 0 rings (SSSR count). The molecule has 2 heteroatoms. The van der Waals surface area contributed by atoms with Crippen LogP contribution in [-0.4, -0.2) is 12.1 Å². The molecule has 1 unspecified atom stereocenters. The summed E-state index contributed by atoms with van der Waals surface area (Å²) in [5.74, 6) is -0.208. The first-order valence-corrected chi connectivity index (χ1v) is 3.94. The minimum absolute atomic E-state index is 0.0519. The quantitative estimate of drug-likeness (QED) is 0.460. The van der Waals surface area contributed by atoms with Gasteiger partial charge in [-0.2, -0.15) is 0 Å². The van der Waals surface area contributed by atoms with E-state index in [2.05, 4.69) is 6.58 Å². The van der Waals surface area contributed by atoms with Gasteiger partial charge in [-0.15, -0.1) is 0 Å². The van der Waals surface area contributed by atoms with Gasteiger partial charge in [0.25, 0.3) is 0 Å². The third-order valence-electron chi connectivity index (χ3n) is 1.40. The summed E-state index contributed by atoms with van der Waals surface area (Å²) in [6, 6.07) is 0. The largest absolute Gasteiger partial charge is 0.458 e. The van der Waals surface area contributed by atoms with E-state index in [0.29, 0.717) is 0 Å². The highest BCUT2D eigenvalue weighted by Crippen LogP contribution is 2.04. The lowest BCUT2D eigenvalue weighted by atomic mass is 10.2. The molecule has 0 N–H and O–H groups in total. The first kappa shape index (κ1) is 10.2. The number of carbonyl (C=O) groups is 1. The van der Waals surface area contributed by atoms with Gasteiger partial charge < -0.3 is 4.74 Å². The van der Waals surface area contributed by atoms with Crippen LogP contribution in [0.2, 0.25) is 0 Å². The van der Waals surface area contributed by atoms with E-state index in [1.807, 2.05) is 20.8 Å². The van der Waals surface area contributed by atoms with Gasteiger partial charge >= 0.3 is 5.97 Å². The Morgan fingerprint density at radius 1 is 1.64 bits per heavy atom. The Morgan fingerprint density at radius 2 is 2.18 bits per heavy atom. The Labute approximate surface area is 68.2 Å². The van der Waals surface area contributed by atoms with Crippen LogP contribution in [0.5, 0.6) is 0 Å². The minimum atomic E-state index is -0.156.